The Hall–Kier alpha value is -3.93. The number of hydrogen-bond acceptors (Lipinski definition) is 5. The second-order valence-electron chi connectivity index (χ2n) is 9.58. The van der Waals surface area contributed by atoms with Gasteiger partial charge in [0, 0.05) is 19.3 Å². The van der Waals surface area contributed by atoms with Gasteiger partial charge in [-0.2, -0.15) is 9.94 Å². The van der Waals surface area contributed by atoms with Gasteiger partial charge in [0.1, 0.15) is 11.9 Å². The quantitative estimate of drug-likeness (QED) is 0.560. The number of halogens is 2. The molecule has 186 valence electrons. The van der Waals surface area contributed by atoms with Crippen LogP contribution in [0.2, 0.25) is 0 Å². The Bertz CT molecular complexity index is 1510. The largest absolute Gasteiger partial charge is 0.349 e. The molecule has 0 amide bonds. The van der Waals surface area contributed by atoms with Gasteiger partial charge in [0.05, 0.1) is 11.1 Å². The van der Waals surface area contributed by atoms with E-state index in [1.165, 1.54) is 0 Å². The van der Waals surface area contributed by atoms with Crippen LogP contribution in [0.4, 0.5) is 8.78 Å². The van der Waals surface area contributed by atoms with E-state index in [4.69, 9.17) is 5.26 Å². The van der Waals surface area contributed by atoms with Crippen molar-refractivity contribution in [2.45, 2.75) is 64.7 Å². The predicted molar refractivity (Wildman–Crippen MR) is 130 cm³/mol. The first-order valence-corrected chi connectivity index (χ1v) is 11.7. The van der Waals surface area contributed by atoms with Crippen molar-refractivity contribution in [1.29, 1.82) is 5.26 Å². The monoisotopic (exact) mass is 492 g/mol. The van der Waals surface area contributed by atoms with Crippen molar-refractivity contribution in [2.75, 3.05) is 0 Å². The Balaban J connectivity index is 1.72. The van der Waals surface area contributed by atoms with Crippen molar-refractivity contribution in [3.05, 3.63) is 90.2 Å². The van der Waals surface area contributed by atoms with E-state index < -0.39 is 41.1 Å². The van der Waals surface area contributed by atoms with Gasteiger partial charge in [0.25, 0.3) is 11.5 Å². The molecule has 9 heteroatoms. The predicted octanol–water partition coefficient (Wildman–Crippen LogP) is 3.95. The number of nitrogens with one attached hydrogen (secondary N) is 1. The van der Waals surface area contributed by atoms with Crippen molar-refractivity contribution >= 4 is 5.78 Å². The third kappa shape index (κ3) is 4.28. The van der Waals surface area contributed by atoms with E-state index in [1.54, 1.807) is 25.1 Å². The van der Waals surface area contributed by atoms with Crippen LogP contribution in [-0.2, 0) is 16.6 Å². The van der Waals surface area contributed by atoms with Crippen molar-refractivity contribution in [1.82, 2.24) is 14.8 Å². The van der Waals surface area contributed by atoms with Gasteiger partial charge < -0.3 is 0 Å². The number of aromatic nitrogens is 3. The van der Waals surface area contributed by atoms with Crippen LogP contribution >= 0.6 is 0 Å². The Morgan fingerprint density at radius 2 is 1.75 bits per heavy atom. The van der Waals surface area contributed by atoms with E-state index in [-0.39, 0.29) is 12.2 Å². The minimum Gasteiger partial charge on any atom is -0.299 e. The lowest BCUT2D eigenvalue weighted by atomic mass is 9.58. The highest BCUT2D eigenvalue weighted by Gasteiger charge is 2.61. The highest BCUT2D eigenvalue weighted by molar-refractivity contribution is 5.92. The second kappa shape index (κ2) is 8.94. The van der Waals surface area contributed by atoms with Gasteiger partial charge in [-0.1, -0.05) is 25.1 Å². The van der Waals surface area contributed by atoms with Crippen LogP contribution in [0, 0.1) is 32.1 Å². The number of alkyl halides is 2. The summed E-state index contributed by atoms with van der Waals surface area (Å²) in [4.78, 5) is 38.8. The normalized spacial score (nSPS) is 15.7. The number of carbonyl (C=O) groups is 1. The average Bonchev–Trinajstić information content (AvgIpc) is 2.80. The summed E-state index contributed by atoms with van der Waals surface area (Å²) in [6, 6.07) is 10.8. The number of Topliss-reactive ketones (excluding diaryl/α,β-unsaturated/α-hetero) is 1. The summed E-state index contributed by atoms with van der Waals surface area (Å²) in [5.74, 6) is -3.00. The minimum absolute atomic E-state index is 0.166. The number of nitrogens with zero attached hydrogens (tertiary/aromatic N) is 3. The minimum atomic E-state index is -2.84. The lowest BCUT2D eigenvalue weighted by Crippen LogP contribution is -2.54. The maximum atomic E-state index is 14.0. The molecular formula is C27H26F2N4O3. The van der Waals surface area contributed by atoms with Crippen LogP contribution in [-0.4, -0.2) is 26.5 Å². The zero-order chi connectivity index (χ0) is 26.4. The van der Waals surface area contributed by atoms with E-state index in [2.05, 4.69) is 10.1 Å². The first-order chi connectivity index (χ1) is 16.9. The molecule has 7 nitrogen and oxygen atoms in total. The molecule has 2 aromatic carbocycles. The topological polar surface area (TPSA) is 109 Å². The molecule has 1 heterocycles. The molecule has 1 aliphatic rings. The van der Waals surface area contributed by atoms with Gasteiger partial charge in [-0.05, 0) is 72.7 Å². The summed E-state index contributed by atoms with van der Waals surface area (Å²) in [5.41, 5.74) is 2.27. The first kappa shape index (κ1) is 25.2. The molecule has 0 bridgehead atoms. The Kier molecular flexibility index (Phi) is 6.25. The maximum absolute atomic E-state index is 14.0. The number of aromatic amines is 1. The molecule has 0 atom stereocenters. The number of benzene rings is 2. The molecule has 0 aliphatic heterocycles. The highest BCUT2D eigenvalue weighted by Crippen LogP contribution is 2.55. The summed E-state index contributed by atoms with van der Waals surface area (Å²) in [6.07, 6.45) is -0.231. The summed E-state index contributed by atoms with van der Waals surface area (Å²) < 4.78 is 28.9. The van der Waals surface area contributed by atoms with Crippen LogP contribution in [0.25, 0.3) is 5.69 Å². The number of hydrogen-bond donors (Lipinski definition) is 1. The van der Waals surface area contributed by atoms with Crippen molar-refractivity contribution in [2.24, 2.45) is 0 Å². The molecule has 0 unspecified atom stereocenters. The fraction of sp³-hybridized carbons (Fsp3) is 0.370. The molecule has 1 fully saturated rings. The van der Waals surface area contributed by atoms with Crippen LogP contribution in [0.1, 0.15) is 65.3 Å². The van der Waals surface area contributed by atoms with Crippen LogP contribution in [0.3, 0.4) is 0 Å². The van der Waals surface area contributed by atoms with Crippen molar-refractivity contribution < 1.29 is 13.6 Å². The third-order valence-corrected chi connectivity index (χ3v) is 7.03. The lowest BCUT2D eigenvalue weighted by molar-refractivity contribution is -0.156. The van der Waals surface area contributed by atoms with Crippen molar-refractivity contribution in [3.8, 4) is 11.8 Å². The average molecular weight is 493 g/mol. The fourth-order valence-corrected chi connectivity index (χ4v) is 5.23. The van der Waals surface area contributed by atoms with E-state index in [1.807, 2.05) is 39.0 Å². The number of carbonyl (C=O) groups excluding carboxylic acids is 1. The standard InChI is InChI=1S/C27H26F2N4O3/c1-5-23(34)26(13-27(28,29)14-26)21-11-18(7-6-15(21)2)10-20-16(3)8-19(9-17(20)4)33-25(36)31-24(35)22(12-30)32-33/h6-9,11H,5,10,13-14H2,1-4H3,(H,31,35,36). The Labute approximate surface area is 206 Å². The maximum Gasteiger partial charge on any atom is 0.349 e. The Morgan fingerprint density at radius 3 is 2.31 bits per heavy atom. The molecule has 1 saturated carbocycles. The number of nitriles is 1. The molecular weight excluding hydrogens is 466 g/mol. The summed E-state index contributed by atoms with van der Waals surface area (Å²) in [6.45, 7) is 7.29. The van der Waals surface area contributed by atoms with Gasteiger partial charge >= 0.3 is 5.69 Å². The number of aryl methyl sites for hydroxylation is 3. The molecule has 0 saturated heterocycles. The van der Waals surface area contributed by atoms with E-state index in [0.29, 0.717) is 17.7 Å². The zero-order valence-electron chi connectivity index (χ0n) is 20.5. The van der Waals surface area contributed by atoms with Gasteiger partial charge in [-0.25, -0.2) is 13.6 Å². The van der Waals surface area contributed by atoms with Crippen molar-refractivity contribution in [3.63, 3.8) is 0 Å². The fourth-order valence-electron chi connectivity index (χ4n) is 5.23. The van der Waals surface area contributed by atoms with Gasteiger partial charge in [0.2, 0.25) is 5.69 Å². The molecule has 4 rings (SSSR count). The summed E-state index contributed by atoms with van der Waals surface area (Å²) in [5, 5.41) is 13.0. The third-order valence-electron chi connectivity index (χ3n) is 7.03. The first-order valence-electron chi connectivity index (χ1n) is 11.7. The van der Waals surface area contributed by atoms with Crippen LogP contribution < -0.4 is 11.2 Å². The molecule has 36 heavy (non-hydrogen) atoms. The van der Waals surface area contributed by atoms with Gasteiger partial charge in [-0.3, -0.25) is 14.6 Å². The molecule has 0 spiro atoms. The Morgan fingerprint density at radius 1 is 1.11 bits per heavy atom. The second-order valence-corrected chi connectivity index (χ2v) is 9.58. The summed E-state index contributed by atoms with van der Waals surface area (Å²) in [7, 11) is 0. The SMILES string of the molecule is CCC(=O)C1(c2cc(Cc3c(C)cc(-n4nc(C#N)c(=O)[nH]c4=O)cc3C)ccc2C)CC(F)(F)C1. The zero-order valence-corrected chi connectivity index (χ0v) is 20.5. The van der Waals surface area contributed by atoms with Gasteiger partial charge in [0.15, 0.2) is 0 Å². The number of ketones is 1. The highest BCUT2D eigenvalue weighted by atomic mass is 19.3. The van der Waals surface area contributed by atoms with Crippen LogP contribution in [0.15, 0.2) is 39.9 Å². The smallest absolute Gasteiger partial charge is 0.299 e. The molecule has 3 aromatic rings. The molecule has 1 aliphatic carbocycles. The summed E-state index contributed by atoms with van der Waals surface area (Å²) >= 11 is 0. The number of rotatable bonds is 6. The molecule has 0 radical (unpaired) electrons. The lowest BCUT2D eigenvalue weighted by Gasteiger charge is -2.47. The van der Waals surface area contributed by atoms with E-state index >= 15 is 0 Å². The van der Waals surface area contributed by atoms with Gasteiger partial charge in [-0.15, -0.1) is 5.10 Å². The number of H-pyrrole nitrogens is 1. The molecule has 1 aromatic heterocycles. The van der Waals surface area contributed by atoms with E-state index in [0.717, 1.165) is 32.5 Å². The molecule has 1 N–H and O–H groups in total. The van der Waals surface area contributed by atoms with E-state index in [9.17, 15) is 23.2 Å². The van der Waals surface area contributed by atoms with Crippen LogP contribution in [0.5, 0.6) is 0 Å².